The van der Waals surface area contributed by atoms with Crippen LogP contribution >= 0.6 is 0 Å². The average molecular weight is 156 g/mol. The van der Waals surface area contributed by atoms with Crippen LogP contribution in [0, 0.1) is 0 Å². The van der Waals surface area contributed by atoms with Crippen LogP contribution in [0.5, 0.6) is 0 Å². The summed E-state index contributed by atoms with van der Waals surface area (Å²) in [6, 6.07) is 0. The molecule has 2 heteroatoms. The summed E-state index contributed by atoms with van der Waals surface area (Å²) in [5.41, 5.74) is 0. The number of Topliss-reactive ketones (excluding diaryl/α,β-unsaturated/α-hetero) is 1. The fourth-order valence-corrected chi connectivity index (χ4v) is 1.17. The van der Waals surface area contributed by atoms with E-state index in [1.165, 1.54) is 12.8 Å². The summed E-state index contributed by atoms with van der Waals surface area (Å²) < 4.78 is 5.43. The molecule has 0 spiro atoms. The third-order valence-electron chi connectivity index (χ3n) is 2.01. The average Bonchev–Trinajstić information content (AvgIpc) is 1.94. The van der Waals surface area contributed by atoms with Crippen molar-refractivity contribution < 1.29 is 9.53 Å². The van der Waals surface area contributed by atoms with E-state index in [1.54, 1.807) is 0 Å². The minimum absolute atomic E-state index is 0.263. The highest BCUT2D eigenvalue weighted by Crippen LogP contribution is 2.18. The van der Waals surface area contributed by atoms with Crippen LogP contribution in [0.1, 0.15) is 39.0 Å². The molecule has 2 nitrogen and oxygen atoms in total. The minimum atomic E-state index is 0.263. The van der Waals surface area contributed by atoms with Crippen LogP contribution in [-0.4, -0.2) is 18.5 Å². The molecule has 0 aromatic heterocycles. The van der Waals surface area contributed by atoms with Gasteiger partial charge in [-0.05, 0) is 6.42 Å². The smallest absolute Gasteiger partial charge is 0.138 e. The highest BCUT2D eigenvalue weighted by atomic mass is 16.5. The van der Waals surface area contributed by atoms with E-state index in [2.05, 4.69) is 6.92 Å². The van der Waals surface area contributed by atoms with E-state index in [1.807, 2.05) is 0 Å². The summed E-state index contributed by atoms with van der Waals surface area (Å²) in [7, 11) is 0. The van der Waals surface area contributed by atoms with Gasteiger partial charge in [-0.3, -0.25) is 4.79 Å². The van der Waals surface area contributed by atoms with Gasteiger partial charge in [0.15, 0.2) is 0 Å². The molecule has 1 saturated carbocycles. The molecule has 11 heavy (non-hydrogen) atoms. The second kappa shape index (κ2) is 4.50. The second-order valence-electron chi connectivity index (χ2n) is 3.15. The van der Waals surface area contributed by atoms with Crippen molar-refractivity contribution in [2.75, 3.05) is 6.61 Å². The van der Waals surface area contributed by atoms with Gasteiger partial charge in [0, 0.05) is 19.4 Å². The van der Waals surface area contributed by atoms with E-state index in [4.69, 9.17) is 4.74 Å². The molecule has 1 aliphatic rings. The molecule has 0 aromatic carbocycles. The van der Waals surface area contributed by atoms with Crippen LogP contribution in [0.4, 0.5) is 0 Å². The van der Waals surface area contributed by atoms with Gasteiger partial charge in [0.1, 0.15) is 5.78 Å². The first kappa shape index (κ1) is 8.72. The van der Waals surface area contributed by atoms with Gasteiger partial charge in [0.25, 0.3) is 0 Å². The normalized spacial score (nSPS) is 18.5. The third-order valence-corrected chi connectivity index (χ3v) is 2.01. The van der Waals surface area contributed by atoms with Crippen molar-refractivity contribution in [3.05, 3.63) is 0 Å². The van der Waals surface area contributed by atoms with Crippen LogP contribution in [0.15, 0.2) is 0 Å². The van der Waals surface area contributed by atoms with Crippen molar-refractivity contribution in [3.63, 3.8) is 0 Å². The number of hydrogen-bond acceptors (Lipinski definition) is 2. The standard InChI is InChI=1S/C9H16O2/c1-2-3-4-5-11-9-6-8(10)7-9/h9H,2-7H2,1H3. The van der Waals surface area contributed by atoms with E-state index in [-0.39, 0.29) is 6.10 Å². The fourth-order valence-electron chi connectivity index (χ4n) is 1.17. The molecule has 0 bridgehead atoms. The largest absolute Gasteiger partial charge is 0.377 e. The fraction of sp³-hybridized carbons (Fsp3) is 0.889. The van der Waals surface area contributed by atoms with Crippen molar-refractivity contribution in [2.45, 2.75) is 45.1 Å². The number of unbranched alkanes of at least 4 members (excludes halogenated alkanes) is 2. The van der Waals surface area contributed by atoms with Crippen molar-refractivity contribution in [1.29, 1.82) is 0 Å². The number of ketones is 1. The predicted octanol–water partition coefficient (Wildman–Crippen LogP) is 1.92. The maximum Gasteiger partial charge on any atom is 0.138 e. The Hall–Kier alpha value is -0.370. The van der Waals surface area contributed by atoms with E-state index in [0.717, 1.165) is 13.0 Å². The zero-order valence-corrected chi connectivity index (χ0v) is 7.14. The summed E-state index contributed by atoms with van der Waals surface area (Å²) in [5.74, 6) is 0.352. The molecule has 0 atom stereocenters. The van der Waals surface area contributed by atoms with Crippen molar-refractivity contribution in [3.8, 4) is 0 Å². The molecular formula is C9H16O2. The van der Waals surface area contributed by atoms with Gasteiger partial charge in [-0.15, -0.1) is 0 Å². The molecule has 1 aliphatic carbocycles. The molecular weight excluding hydrogens is 140 g/mol. The van der Waals surface area contributed by atoms with Gasteiger partial charge in [-0.1, -0.05) is 19.8 Å². The molecule has 0 N–H and O–H groups in total. The van der Waals surface area contributed by atoms with E-state index in [9.17, 15) is 4.79 Å². The molecule has 64 valence electrons. The Morgan fingerprint density at radius 3 is 2.73 bits per heavy atom. The maximum atomic E-state index is 10.5. The topological polar surface area (TPSA) is 26.3 Å². The number of rotatable bonds is 5. The Labute approximate surface area is 67.9 Å². The van der Waals surface area contributed by atoms with Crippen molar-refractivity contribution in [2.24, 2.45) is 0 Å². The van der Waals surface area contributed by atoms with Crippen LogP contribution in [-0.2, 0) is 9.53 Å². The second-order valence-corrected chi connectivity index (χ2v) is 3.15. The summed E-state index contributed by atoms with van der Waals surface area (Å²) >= 11 is 0. The van der Waals surface area contributed by atoms with E-state index < -0.39 is 0 Å². The number of ether oxygens (including phenoxy) is 1. The summed E-state index contributed by atoms with van der Waals surface area (Å²) in [5, 5.41) is 0. The molecule has 0 saturated heterocycles. The number of carbonyl (C=O) groups excluding carboxylic acids is 1. The summed E-state index contributed by atoms with van der Waals surface area (Å²) in [6.45, 7) is 3.01. The maximum absolute atomic E-state index is 10.5. The van der Waals surface area contributed by atoms with E-state index >= 15 is 0 Å². The zero-order chi connectivity index (χ0) is 8.10. The Morgan fingerprint density at radius 2 is 2.18 bits per heavy atom. The lowest BCUT2D eigenvalue weighted by molar-refractivity contribution is -0.134. The van der Waals surface area contributed by atoms with Crippen LogP contribution < -0.4 is 0 Å². The molecule has 0 unspecified atom stereocenters. The van der Waals surface area contributed by atoms with Gasteiger partial charge in [-0.2, -0.15) is 0 Å². The van der Waals surface area contributed by atoms with Gasteiger partial charge < -0.3 is 4.74 Å². The van der Waals surface area contributed by atoms with Crippen LogP contribution in [0.3, 0.4) is 0 Å². The Kier molecular flexibility index (Phi) is 3.57. The van der Waals surface area contributed by atoms with Gasteiger partial charge >= 0.3 is 0 Å². The molecule has 1 rings (SSSR count). The number of hydrogen-bond donors (Lipinski definition) is 0. The third kappa shape index (κ3) is 3.02. The molecule has 1 fully saturated rings. The van der Waals surface area contributed by atoms with Crippen LogP contribution in [0.2, 0.25) is 0 Å². The van der Waals surface area contributed by atoms with Crippen molar-refractivity contribution in [1.82, 2.24) is 0 Å². The Bertz CT molecular complexity index is 124. The highest BCUT2D eigenvalue weighted by Gasteiger charge is 2.26. The summed E-state index contributed by atoms with van der Waals surface area (Å²) in [4.78, 5) is 10.5. The van der Waals surface area contributed by atoms with E-state index in [0.29, 0.717) is 18.6 Å². The molecule has 0 aliphatic heterocycles. The minimum Gasteiger partial charge on any atom is -0.377 e. The number of carbonyl (C=O) groups is 1. The zero-order valence-electron chi connectivity index (χ0n) is 7.14. The lowest BCUT2D eigenvalue weighted by Gasteiger charge is -2.24. The SMILES string of the molecule is CCCCCOC1CC(=O)C1. The molecule has 0 aromatic rings. The van der Waals surface area contributed by atoms with Crippen molar-refractivity contribution >= 4 is 5.78 Å². The van der Waals surface area contributed by atoms with Gasteiger partial charge in [0.2, 0.25) is 0 Å². The lowest BCUT2D eigenvalue weighted by Crippen LogP contribution is -2.31. The van der Waals surface area contributed by atoms with Gasteiger partial charge in [0.05, 0.1) is 6.10 Å². The molecule has 0 amide bonds. The summed E-state index contributed by atoms with van der Waals surface area (Å²) in [6.07, 6.45) is 5.19. The van der Waals surface area contributed by atoms with Crippen LogP contribution in [0.25, 0.3) is 0 Å². The lowest BCUT2D eigenvalue weighted by atomic mass is 9.94. The first-order valence-corrected chi connectivity index (χ1v) is 4.46. The predicted molar refractivity (Wildman–Crippen MR) is 43.5 cm³/mol. The first-order chi connectivity index (χ1) is 5.33. The molecule has 0 heterocycles. The van der Waals surface area contributed by atoms with Gasteiger partial charge in [-0.25, -0.2) is 0 Å². The Balaban J connectivity index is 1.85. The highest BCUT2D eigenvalue weighted by molar-refractivity contribution is 5.85. The molecule has 0 radical (unpaired) electrons. The first-order valence-electron chi connectivity index (χ1n) is 4.46. The Morgan fingerprint density at radius 1 is 1.45 bits per heavy atom. The monoisotopic (exact) mass is 156 g/mol. The quantitative estimate of drug-likeness (QED) is 0.568.